The maximum atomic E-state index is 13.0. The summed E-state index contributed by atoms with van der Waals surface area (Å²) in [5, 5.41) is 2.96. The summed E-state index contributed by atoms with van der Waals surface area (Å²) in [6.07, 6.45) is 3.14. The van der Waals surface area contributed by atoms with Crippen molar-refractivity contribution in [3.63, 3.8) is 0 Å². The van der Waals surface area contributed by atoms with Gasteiger partial charge in [-0.05, 0) is 48.6 Å². The maximum absolute atomic E-state index is 13.0. The van der Waals surface area contributed by atoms with Gasteiger partial charge in [0.2, 0.25) is 0 Å². The van der Waals surface area contributed by atoms with Crippen molar-refractivity contribution < 1.29 is 22.7 Å². The molecule has 0 spiro atoms. The van der Waals surface area contributed by atoms with Crippen molar-refractivity contribution in [2.24, 2.45) is 11.8 Å². The summed E-state index contributed by atoms with van der Waals surface area (Å²) in [5.41, 5.74) is 0.573. The van der Waals surface area contributed by atoms with Crippen LogP contribution in [0.15, 0.2) is 59.5 Å². The number of esters is 1. The zero-order valence-electron chi connectivity index (χ0n) is 18.7. The molecule has 0 aromatic heterocycles. The van der Waals surface area contributed by atoms with Gasteiger partial charge in [0.15, 0.2) is 6.61 Å². The Morgan fingerprint density at radius 3 is 2.50 bits per heavy atom. The number of anilines is 1. The zero-order valence-corrected chi connectivity index (χ0v) is 19.5. The second-order valence-electron chi connectivity index (χ2n) is 8.35. The summed E-state index contributed by atoms with van der Waals surface area (Å²) in [6.45, 7) is 3.90. The molecule has 0 heterocycles. The minimum Gasteiger partial charge on any atom is -0.452 e. The molecular formula is C24H30N2O5S. The Kier molecular flexibility index (Phi) is 7.56. The highest BCUT2D eigenvalue weighted by Crippen LogP contribution is 2.29. The van der Waals surface area contributed by atoms with E-state index in [1.54, 1.807) is 30.3 Å². The van der Waals surface area contributed by atoms with Gasteiger partial charge in [-0.25, -0.2) is 13.2 Å². The standard InChI is InChI=1S/C24H30N2O5S/c1-17-9-7-14-22(18(17)2)25-23(27)16-31-24(28)19-10-8-13-21(15-19)32(29,30)26(3)20-11-5-4-6-12-20/h4-6,8,10-13,15,17-18,22H,7,9,14,16H2,1-3H3,(H,25,27)/t17-,18-,22+/m1/s1. The number of nitrogens with zero attached hydrogens (tertiary/aromatic N) is 1. The van der Waals surface area contributed by atoms with E-state index in [1.165, 1.54) is 31.3 Å². The lowest BCUT2D eigenvalue weighted by Crippen LogP contribution is -2.45. The molecular weight excluding hydrogens is 428 g/mol. The van der Waals surface area contributed by atoms with E-state index in [0.29, 0.717) is 17.5 Å². The fourth-order valence-corrected chi connectivity index (χ4v) is 5.21. The first-order valence-electron chi connectivity index (χ1n) is 10.8. The number of carbonyl (C=O) groups is 2. The number of hydrogen-bond acceptors (Lipinski definition) is 5. The highest BCUT2D eigenvalue weighted by molar-refractivity contribution is 7.92. The van der Waals surface area contributed by atoms with Crippen molar-refractivity contribution >= 4 is 27.6 Å². The normalized spacial score (nSPS) is 20.9. The van der Waals surface area contributed by atoms with Crippen LogP contribution in [0.4, 0.5) is 5.69 Å². The van der Waals surface area contributed by atoms with Crippen LogP contribution in [0.3, 0.4) is 0 Å². The number of rotatable bonds is 7. The molecule has 2 aromatic carbocycles. The third-order valence-corrected chi connectivity index (χ3v) is 8.02. The number of ether oxygens (including phenoxy) is 1. The number of carbonyl (C=O) groups excluding carboxylic acids is 2. The van der Waals surface area contributed by atoms with Crippen molar-refractivity contribution in [3.8, 4) is 0 Å². The SMILES string of the molecule is C[C@@H]1[C@H](C)CCC[C@@H]1NC(=O)COC(=O)c1cccc(S(=O)(=O)N(C)c2ccccc2)c1. The van der Waals surface area contributed by atoms with Gasteiger partial charge in [-0.15, -0.1) is 0 Å². The van der Waals surface area contributed by atoms with Crippen molar-refractivity contribution in [2.75, 3.05) is 18.0 Å². The van der Waals surface area contributed by atoms with E-state index in [9.17, 15) is 18.0 Å². The number of hydrogen-bond donors (Lipinski definition) is 1. The lowest BCUT2D eigenvalue weighted by Gasteiger charge is -2.34. The molecule has 3 atom stereocenters. The first kappa shape index (κ1) is 23.8. The third kappa shape index (κ3) is 5.48. The van der Waals surface area contributed by atoms with Gasteiger partial charge in [-0.2, -0.15) is 0 Å². The van der Waals surface area contributed by atoms with Gasteiger partial charge in [0.1, 0.15) is 0 Å². The first-order chi connectivity index (χ1) is 15.2. The monoisotopic (exact) mass is 458 g/mol. The Morgan fingerprint density at radius 1 is 1.06 bits per heavy atom. The van der Waals surface area contributed by atoms with Crippen molar-refractivity contribution in [2.45, 2.75) is 44.0 Å². The maximum Gasteiger partial charge on any atom is 0.338 e. The summed E-state index contributed by atoms with van der Waals surface area (Å²) in [7, 11) is -2.41. The molecule has 2 aromatic rings. The van der Waals surface area contributed by atoms with Gasteiger partial charge in [-0.1, -0.05) is 51.0 Å². The van der Waals surface area contributed by atoms with E-state index >= 15 is 0 Å². The largest absolute Gasteiger partial charge is 0.452 e. The molecule has 0 aliphatic heterocycles. The fraction of sp³-hybridized carbons (Fsp3) is 0.417. The average Bonchev–Trinajstić information content (AvgIpc) is 2.80. The van der Waals surface area contributed by atoms with Gasteiger partial charge >= 0.3 is 5.97 Å². The van der Waals surface area contributed by atoms with Crippen LogP contribution in [0.5, 0.6) is 0 Å². The second-order valence-corrected chi connectivity index (χ2v) is 10.3. The highest BCUT2D eigenvalue weighted by atomic mass is 32.2. The first-order valence-corrected chi connectivity index (χ1v) is 12.2. The van der Waals surface area contributed by atoms with E-state index < -0.39 is 22.6 Å². The van der Waals surface area contributed by atoms with Gasteiger partial charge in [-0.3, -0.25) is 9.10 Å². The Morgan fingerprint density at radius 2 is 1.78 bits per heavy atom. The summed E-state index contributed by atoms with van der Waals surface area (Å²) < 4.78 is 32.2. The molecule has 0 radical (unpaired) electrons. The molecule has 1 aliphatic carbocycles. The van der Waals surface area contributed by atoms with E-state index in [4.69, 9.17) is 4.74 Å². The van der Waals surface area contributed by atoms with Crippen molar-refractivity contribution in [3.05, 3.63) is 60.2 Å². The Balaban J connectivity index is 1.63. The Hall–Kier alpha value is -2.87. The minimum atomic E-state index is -3.86. The van der Waals surface area contributed by atoms with Crippen LogP contribution in [-0.4, -0.2) is 40.0 Å². The predicted molar refractivity (Wildman–Crippen MR) is 123 cm³/mol. The van der Waals surface area contributed by atoms with E-state index in [-0.39, 0.29) is 22.4 Å². The number of sulfonamides is 1. The molecule has 0 bridgehead atoms. The fourth-order valence-electron chi connectivity index (χ4n) is 3.97. The van der Waals surface area contributed by atoms with Crippen LogP contribution in [0.25, 0.3) is 0 Å². The molecule has 0 unspecified atom stereocenters. The van der Waals surface area contributed by atoms with E-state index in [2.05, 4.69) is 19.2 Å². The molecule has 172 valence electrons. The second kappa shape index (κ2) is 10.2. The van der Waals surface area contributed by atoms with E-state index in [1.807, 2.05) is 0 Å². The number of para-hydroxylation sites is 1. The molecule has 3 rings (SSSR count). The quantitative estimate of drug-likeness (QED) is 0.640. The molecule has 32 heavy (non-hydrogen) atoms. The Bertz CT molecular complexity index is 1060. The van der Waals surface area contributed by atoms with E-state index in [0.717, 1.165) is 23.6 Å². The molecule has 8 heteroatoms. The molecule has 1 saturated carbocycles. The molecule has 0 saturated heterocycles. The van der Waals surface area contributed by atoms with Crippen molar-refractivity contribution in [1.82, 2.24) is 5.32 Å². The highest BCUT2D eigenvalue weighted by Gasteiger charge is 2.28. The molecule has 1 N–H and O–H groups in total. The Labute approximate surface area is 189 Å². The topological polar surface area (TPSA) is 92.8 Å². The van der Waals surface area contributed by atoms with Gasteiger partial charge in [0.05, 0.1) is 16.1 Å². The lowest BCUT2D eigenvalue weighted by molar-refractivity contribution is -0.125. The number of nitrogens with one attached hydrogen (secondary N) is 1. The summed E-state index contributed by atoms with van der Waals surface area (Å²) in [6, 6.07) is 14.4. The lowest BCUT2D eigenvalue weighted by atomic mass is 9.78. The van der Waals surface area contributed by atoms with Crippen LogP contribution >= 0.6 is 0 Å². The van der Waals surface area contributed by atoms with Crippen LogP contribution in [0, 0.1) is 11.8 Å². The van der Waals surface area contributed by atoms with Crippen LogP contribution < -0.4 is 9.62 Å². The number of amides is 1. The molecule has 1 amide bonds. The van der Waals surface area contributed by atoms with Crippen LogP contribution in [0.1, 0.15) is 43.5 Å². The average molecular weight is 459 g/mol. The predicted octanol–water partition coefficient (Wildman–Crippen LogP) is 3.61. The smallest absolute Gasteiger partial charge is 0.338 e. The van der Waals surface area contributed by atoms with Gasteiger partial charge in [0.25, 0.3) is 15.9 Å². The summed E-state index contributed by atoms with van der Waals surface area (Å²) >= 11 is 0. The van der Waals surface area contributed by atoms with Gasteiger partial charge in [0, 0.05) is 13.1 Å². The number of benzene rings is 2. The molecule has 1 fully saturated rings. The van der Waals surface area contributed by atoms with Crippen molar-refractivity contribution in [1.29, 1.82) is 0 Å². The third-order valence-electron chi connectivity index (χ3n) is 6.24. The summed E-state index contributed by atoms with van der Waals surface area (Å²) in [5.74, 6) is -0.191. The van der Waals surface area contributed by atoms with Gasteiger partial charge < -0.3 is 10.1 Å². The van der Waals surface area contributed by atoms with Crippen LogP contribution in [-0.2, 0) is 19.6 Å². The molecule has 1 aliphatic rings. The summed E-state index contributed by atoms with van der Waals surface area (Å²) in [4.78, 5) is 24.7. The molecule has 7 nitrogen and oxygen atoms in total. The van der Waals surface area contributed by atoms with Crippen LogP contribution in [0.2, 0.25) is 0 Å². The minimum absolute atomic E-state index is 0.0345. The zero-order chi connectivity index (χ0) is 23.3.